The van der Waals surface area contributed by atoms with Gasteiger partial charge in [0.25, 0.3) is 0 Å². The molecule has 1 amide bonds. The average Bonchev–Trinajstić information content (AvgIpc) is 3.61. The third-order valence-corrected chi connectivity index (χ3v) is 10.4. The molecule has 5 fully saturated rings. The fourth-order valence-electron chi connectivity index (χ4n) is 7.67. The number of fused-ring (bicyclic) bond motifs is 2. The number of aliphatic hydroxyl groups is 1. The van der Waals surface area contributed by atoms with E-state index in [1.165, 1.54) is 0 Å². The second-order valence-corrected chi connectivity index (χ2v) is 12.7. The molecule has 220 valence electrons. The fourth-order valence-corrected chi connectivity index (χ4v) is 7.67. The van der Waals surface area contributed by atoms with Gasteiger partial charge in [-0.2, -0.15) is 13.2 Å². The molecule has 0 spiro atoms. The number of ether oxygens (including phenoxy) is 1. The Morgan fingerprint density at radius 2 is 1.87 bits per heavy atom. The van der Waals surface area contributed by atoms with Crippen LogP contribution < -0.4 is 10.6 Å². The second kappa shape index (κ2) is 10.2. The molecule has 5 rings (SSSR count). The zero-order valence-corrected chi connectivity index (χ0v) is 23.4. The summed E-state index contributed by atoms with van der Waals surface area (Å²) < 4.78 is 46.6. The number of carbonyl (C=O) groups excluding carboxylic acids is 1. The molecule has 8 nitrogen and oxygen atoms in total. The second-order valence-electron chi connectivity index (χ2n) is 12.7. The molecule has 3 saturated heterocycles. The van der Waals surface area contributed by atoms with Crippen molar-refractivity contribution in [3.05, 3.63) is 11.9 Å². The average molecular weight is 556 g/mol. The fraction of sp³-hybridized carbons (Fsp3) is 0.857. The summed E-state index contributed by atoms with van der Waals surface area (Å²) in [5.74, 6) is 0.787. The van der Waals surface area contributed by atoms with Crippen molar-refractivity contribution in [2.24, 2.45) is 16.3 Å². The van der Waals surface area contributed by atoms with Crippen LogP contribution in [-0.2, 0) is 9.53 Å². The van der Waals surface area contributed by atoms with E-state index in [0.717, 1.165) is 39.4 Å². The molecule has 3 heterocycles. The largest absolute Gasteiger partial charge is 0.431 e. The zero-order valence-electron chi connectivity index (χ0n) is 23.4. The van der Waals surface area contributed by atoms with E-state index in [0.29, 0.717) is 63.0 Å². The summed E-state index contributed by atoms with van der Waals surface area (Å²) in [6.45, 7) is 10.4. The summed E-state index contributed by atoms with van der Waals surface area (Å²) in [5.41, 5.74) is -4.29. The number of hydrogen-bond donors (Lipinski definition) is 3. The van der Waals surface area contributed by atoms with E-state index >= 15 is 0 Å². The van der Waals surface area contributed by atoms with Crippen LogP contribution >= 0.6 is 0 Å². The Balaban J connectivity index is 1.29. The summed E-state index contributed by atoms with van der Waals surface area (Å²) in [6, 6.07) is 0.328. The maximum atomic E-state index is 14.4. The number of hydrogen-bond acceptors (Lipinski definition) is 7. The molecular formula is C28H44F3N5O3. The van der Waals surface area contributed by atoms with Crippen LogP contribution in [0.25, 0.3) is 0 Å². The Kier molecular flexibility index (Phi) is 7.50. The van der Waals surface area contributed by atoms with Crippen LogP contribution in [0.15, 0.2) is 16.9 Å². The lowest BCUT2D eigenvalue weighted by molar-refractivity contribution is -0.187. The molecule has 2 saturated carbocycles. The highest BCUT2D eigenvalue weighted by molar-refractivity contribution is 5.86. The van der Waals surface area contributed by atoms with Gasteiger partial charge < -0.3 is 30.3 Å². The topological polar surface area (TPSA) is 89.4 Å². The van der Waals surface area contributed by atoms with Crippen LogP contribution in [0, 0.1) is 11.3 Å². The molecule has 5 aliphatic rings. The van der Waals surface area contributed by atoms with Crippen molar-refractivity contribution in [2.45, 2.75) is 114 Å². The number of likely N-dealkylation sites (tertiary alicyclic amines) is 2. The van der Waals surface area contributed by atoms with Crippen LogP contribution in [0.1, 0.15) is 72.1 Å². The van der Waals surface area contributed by atoms with Crippen LogP contribution in [0.4, 0.5) is 13.2 Å². The lowest BCUT2D eigenvalue weighted by atomic mass is 9.59. The van der Waals surface area contributed by atoms with E-state index in [2.05, 4.69) is 29.3 Å². The first kappa shape index (κ1) is 28.7. The zero-order chi connectivity index (χ0) is 28.2. The molecule has 1 unspecified atom stereocenters. The lowest BCUT2D eigenvalue weighted by Gasteiger charge is -2.52. The van der Waals surface area contributed by atoms with Crippen LogP contribution in [-0.4, -0.2) is 95.4 Å². The summed E-state index contributed by atoms with van der Waals surface area (Å²) in [6.07, 6.45) is 3.02. The Morgan fingerprint density at radius 1 is 1.18 bits per heavy atom. The minimum Gasteiger partial charge on any atom is -0.389 e. The Bertz CT molecular complexity index is 988. The third kappa shape index (κ3) is 4.76. The van der Waals surface area contributed by atoms with Gasteiger partial charge in [-0.1, -0.05) is 6.92 Å². The molecule has 11 heteroatoms. The summed E-state index contributed by atoms with van der Waals surface area (Å²) >= 11 is 0. The molecule has 0 aromatic rings. The number of amides is 1. The standard InChI is InChI=1S/C28H44F3N5O3/c1-5-23(34-25(3,32-4)28(29,30)31)35-15-21-13-20(35)16-36(21)24(37)26(27(38)9-6-10-27)11-7-19(14-26)33-22-8-12-39-17-18(22)2/h5,18-22,33-34,38H,4,6-17H2,1-3H3/b23-5+/t18-,19-,20+,21+,22+,25?,26-/m1/s1. The van der Waals surface area contributed by atoms with Crippen LogP contribution in [0.5, 0.6) is 0 Å². The van der Waals surface area contributed by atoms with Gasteiger partial charge in [0.2, 0.25) is 11.6 Å². The van der Waals surface area contributed by atoms with E-state index < -0.39 is 22.9 Å². The smallest absolute Gasteiger partial charge is 0.389 e. The van der Waals surface area contributed by atoms with Crippen molar-refractivity contribution < 1.29 is 27.8 Å². The quantitative estimate of drug-likeness (QED) is 0.399. The number of rotatable bonds is 8. The highest BCUT2D eigenvalue weighted by Crippen LogP contribution is 2.57. The molecule has 0 aromatic carbocycles. The van der Waals surface area contributed by atoms with Crippen molar-refractivity contribution >= 4 is 12.6 Å². The minimum absolute atomic E-state index is 0.0315. The molecule has 2 aliphatic carbocycles. The van der Waals surface area contributed by atoms with E-state index in [9.17, 15) is 23.1 Å². The maximum Gasteiger partial charge on any atom is 0.431 e. The van der Waals surface area contributed by atoms with Crippen molar-refractivity contribution in [2.75, 3.05) is 26.3 Å². The van der Waals surface area contributed by atoms with Gasteiger partial charge in [0.05, 0.1) is 35.5 Å². The normalized spacial score (nSPS) is 37.9. The summed E-state index contributed by atoms with van der Waals surface area (Å²) in [5, 5.41) is 18.1. The summed E-state index contributed by atoms with van der Waals surface area (Å²) in [4.78, 5) is 21.6. The molecule has 0 aromatic heterocycles. The Hall–Kier alpha value is -1.85. The first-order valence-electron chi connectivity index (χ1n) is 14.5. The molecule has 0 radical (unpaired) electrons. The molecule has 3 aliphatic heterocycles. The van der Waals surface area contributed by atoms with Gasteiger partial charge in [-0.15, -0.1) is 0 Å². The van der Waals surface area contributed by atoms with Crippen LogP contribution in [0.3, 0.4) is 0 Å². The monoisotopic (exact) mass is 555 g/mol. The highest BCUT2D eigenvalue weighted by atomic mass is 19.4. The first-order chi connectivity index (χ1) is 18.4. The Morgan fingerprint density at radius 3 is 2.41 bits per heavy atom. The molecule has 7 atom stereocenters. The van der Waals surface area contributed by atoms with Gasteiger partial charge in [0.15, 0.2) is 0 Å². The number of nitrogens with one attached hydrogen (secondary N) is 2. The summed E-state index contributed by atoms with van der Waals surface area (Å²) in [7, 11) is 0. The number of allylic oxidation sites excluding steroid dienone is 1. The van der Waals surface area contributed by atoms with Crippen molar-refractivity contribution in [3.8, 4) is 0 Å². The van der Waals surface area contributed by atoms with Gasteiger partial charge >= 0.3 is 6.18 Å². The predicted octanol–water partition coefficient (Wildman–Crippen LogP) is 3.17. The number of alkyl halides is 3. The van der Waals surface area contributed by atoms with E-state index in [1.807, 2.05) is 9.80 Å². The molecule has 3 N–H and O–H groups in total. The number of piperazine rings is 1. The molecular weight excluding hydrogens is 511 g/mol. The van der Waals surface area contributed by atoms with Crippen molar-refractivity contribution in [1.29, 1.82) is 0 Å². The Labute approximate surface area is 229 Å². The van der Waals surface area contributed by atoms with Crippen molar-refractivity contribution in [1.82, 2.24) is 20.4 Å². The third-order valence-electron chi connectivity index (χ3n) is 10.4. The minimum atomic E-state index is -4.61. The van der Waals surface area contributed by atoms with Gasteiger partial charge in [-0.25, -0.2) is 0 Å². The number of aliphatic imine (C=N–C) groups is 1. The van der Waals surface area contributed by atoms with Crippen molar-refractivity contribution in [3.63, 3.8) is 0 Å². The molecule has 2 bridgehead atoms. The SMILES string of the molecule is C=NC(C)(N/C(=C\C)N1C[C@@H]2C[C@H]1CN2C(=O)[C@@]1(C2(O)CCC2)CC[C@@H](N[C@H]2CCOC[C@H]2C)C1)C(F)(F)F. The molecule has 39 heavy (non-hydrogen) atoms. The number of carbonyl (C=O) groups is 1. The van der Waals surface area contributed by atoms with E-state index in [-0.39, 0.29) is 24.0 Å². The van der Waals surface area contributed by atoms with Crippen LogP contribution in [0.2, 0.25) is 0 Å². The lowest BCUT2D eigenvalue weighted by Crippen LogP contribution is -2.63. The van der Waals surface area contributed by atoms with E-state index in [4.69, 9.17) is 4.74 Å². The number of nitrogens with zero attached hydrogens (tertiary/aromatic N) is 3. The first-order valence-corrected chi connectivity index (χ1v) is 14.5. The number of halogens is 3. The predicted molar refractivity (Wildman–Crippen MR) is 142 cm³/mol. The highest BCUT2D eigenvalue weighted by Gasteiger charge is 2.64. The maximum absolute atomic E-state index is 14.4. The van der Waals surface area contributed by atoms with Gasteiger partial charge in [-0.05, 0) is 83.9 Å². The van der Waals surface area contributed by atoms with Gasteiger partial charge in [0, 0.05) is 31.8 Å². The van der Waals surface area contributed by atoms with Gasteiger partial charge in [-0.3, -0.25) is 9.79 Å². The van der Waals surface area contributed by atoms with Gasteiger partial charge in [0.1, 0.15) is 0 Å². The van der Waals surface area contributed by atoms with E-state index in [1.54, 1.807) is 13.0 Å².